The quantitative estimate of drug-likeness (QED) is 0.567. The third-order valence-electron chi connectivity index (χ3n) is 5.40. The van der Waals surface area contributed by atoms with Gasteiger partial charge in [0.15, 0.2) is 11.5 Å². The highest BCUT2D eigenvalue weighted by molar-refractivity contribution is 7.89. The van der Waals surface area contributed by atoms with Gasteiger partial charge in [0, 0.05) is 38.3 Å². The van der Waals surface area contributed by atoms with E-state index >= 15 is 0 Å². The number of benzene rings is 2. The number of amides is 1. The van der Waals surface area contributed by atoms with E-state index in [-0.39, 0.29) is 17.9 Å². The summed E-state index contributed by atoms with van der Waals surface area (Å²) >= 11 is 6.25. The monoisotopic (exact) mass is 497 g/mol. The number of rotatable bonds is 9. The average Bonchev–Trinajstić information content (AvgIpc) is 2.83. The Morgan fingerprint density at radius 2 is 1.61 bits per heavy atom. The first-order valence-corrected chi connectivity index (χ1v) is 12.3. The van der Waals surface area contributed by atoms with E-state index in [1.165, 1.54) is 37.8 Å². The predicted molar refractivity (Wildman–Crippen MR) is 127 cm³/mol. The van der Waals surface area contributed by atoms with Crippen molar-refractivity contribution < 1.29 is 27.4 Å². The normalized spacial score (nSPS) is 14.6. The number of para-hydroxylation sites is 1. The van der Waals surface area contributed by atoms with Crippen molar-refractivity contribution in [2.45, 2.75) is 0 Å². The van der Waals surface area contributed by atoms with Crippen LogP contribution in [0.1, 0.15) is 10.4 Å². The zero-order valence-corrected chi connectivity index (χ0v) is 20.4. The number of nitrogens with one attached hydrogen (secondary N) is 1. The molecular formula is C22H28ClN3O6S. The van der Waals surface area contributed by atoms with E-state index in [1.807, 2.05) is 24.3 Å². The van der Waals surface area contributed by atoms with E-state index in [9.17, 15) is 13.2 Å². The molecular weight excluding hydrogens is 470 g/mol. The van der Waals surface area contributed by atoms with Gasteiger partial charge in [0.25, 0.3) is 5.91 Å². The lowest BCUT2D eigenvalue weighted by Gasteiger charge is -2.35. The van der Waals surface area contributed by atoms with Crippen molar-refractivity contribution in [2.24, 2.45) is 0 Å². The first-order chi connectivity index (χ1) is 15.8. The van der Waals surface area contributed by atoms with Gasteiger partial charge in [-0.1, -0.05) is 23.7 Å². The molecule has 2 aromatic rings. The van der Waals surface area contributed by atoms with E-state index in [4.69, 9.17) is 25.8 Å². The number of methoxy groups -OCH3 is 3. The maximum absolute atomic E-state index is 12.8. The number of halogens is 1. The summed E-state index contributed by atoms with van der Waals surface area (Å²) < 4.78 is 42.8. The van der Waals surface area contributed by atoms with Gasteiger partial charge in [-0.15, -0.1) is 0 Å². The highest BCUT2D eigenvalue weighted by atomic mass is 35.5. The topological polar surface area (TPSA) is 97.4 Å². The Hall–Kier alpha value is -2.69. The lowest BCUT2D eigenvalue weighted by molar-refractivity contribution is 0.0955. The Kier molecular flexibility index (Phi) is 8.28. The zero-order valence-electron chi connectivity index (χ0n) is 18.8. The highest BCUT2D eigenvalue weighted by Gasteiger charge is 2.27. The van der Waals surface area contributed by atoms with Crippen LogP contribution in [-0.2, 0) is 10.0 Å². The molecule has 1 N–H and O–H groups in total. The fraction of sp³-hybridized carbons (Fsp3) is 0.409. The summed E-state index contributed by atoms with van der Waals surface area (Å²) in [5.41, 5.74) is 1.17. The molecule has 1 amide bonds. The second kappa shape index (κ2) is 11.0. The van der Waals surface area contributed by atoms with Crippen molar-refractivity contribution in [3.05, 3.63) is 47.0 Å². The lowest BCUT2D eigenvalue weighted by atomic mass is 10.1. The molecule has 0 radical (unpaired) electrons. The molecule has 33 heavy (non-hydrogen) atoms. The number of sulfonamides is 1. The van der Waals surface area contributed by atoms with Gasteiger partial charge in [-0.25, -0.2) is 8.42 Å². The molecule has 0 aromatic heterocycles. The minimum Gasteiger partial charge on any atom is -0.493 e. The molecule has 0 saturated carbocycles. The molecule has 180 valence electrons. The molecule has 1 saturated heterocycles. The van der Waals surface area contributed by atoms with Crippen LogP contribution in [-0.4, -0.2) is 78.4 Å². The summed E-state index contributed by atoms with van der Waals surface area (Å²) in [5, 5.41) is 3.29. The van der Waals surface area contributed by atoms with Gasteiger partial charge < -0.3 is 24.4 Å². The minimum atomic E-state index is -3.52. The predicted octanol–water partition coefficient (Wildman–Crippen LogP) is 2.25. The number of carbonyl (C=O) groups is 1. The number of hydrogen-bond acceptors (Lipinski definition) is 7. The molecule has 0 unspecified atom stereocenters. The molecule has 1 heterocycles. The Balaban J connectivity index is 1.56. The fourth-order valence-electron chi connectivity index (χ4n) is 3.65. The van der Waals surface area contributed by atoms with Crippen molar-refractivity contribution in [1.82, 2.24) is 9.62 Å². The van der Waals surface area contributed by atoms with Crippen LogP contribution in [0.15, 0.2) is 36.4 Å². The number of anilines is 1. The van der Waals surface area contributed by atoms with Gasteiger partial charge in [-0.3, -0.25) is 4.79 Å². The summed E-state index contributed by atoms with van der Waals surface area (Å²) in [4.78, 5) is 14.7. The maximum Gasteiger partial charge on any atom is 0.251 e. The van der Waals surface area contributed by atoms with Crippen LogP contribution in [0.3, 0.4) is 0 Å². The Labute approximate surface area is 199 Å². The second-order valence-electron chi connectivity index (χ2n) is 7.32. The van der Waals surface area contributed by atoms with Crippen LogP contribution in [0.2, 0.25) is 5.02 Å². The number of nitrogens with zero attached hydrogens (tertiary/aromatic N) is 2. The fourth-order valence-corrected chi connectivity index (χ4v) is 5.25. The van der Waals surface area contributed by atoms with Crippen LogP contribution < -0.4 is 24.4 Å². The van der Waals surface area contributed by atoms with Crippen molar-refractivity contribution in [1.29, 1.82) is 0 Å². The average molecular weight is 498 g/mol. The molecule has 1 aliphatic heterocycles. The third kappa shape index (κ3) is 5.82. The maximum atomic E-state index is 12.8. The second-order valence-corrected chi connectivity index (χ2v) is 9.82. The number of hydrogen-bond donors (Lipinski definition) is 1. The number of ether oxygens (including phenoxy) is 3. The standard InChI is InChI=1S/C22H28ClN3O6S/c1-30-19-14-16(15-20(31-2)21(19)32-3)22(27)24-8-13-33(28,29)26-11-9-25(10-12-26)18-7-5-4-6-17(18)23/h4-7,14-15H,8-13H2,1-3H3,(H,24,27). The van der Waals surface area contributed by atoms with Gasteiger partial charge in [0.05, 0.1) is 37.8 Å². The summed E-state index contributed by atoms with van der Waals surface area (Å²) in [6.07, 6.45) is 0. The van der Waals surface area contributed by atoms with Crippen molar-refractivity contribution >= 4 is 33.2 Å². The van der Waals surface area contributed by atoms with Crippen LogP contribution in [0.5, 0.6) is 17.2 Å². The van der Waals surface area contributed by atoms with Crippen LogP contribution in [0.4, 0.5) is 5.69 Å². The molecule has 2 aromatic carbocycles. The zero-order chi connectivity index (χ0) is 24.0. The van der Waals surface area contributed by atoms with E-state index in [0.29, 0.717) is 48.5 Å². The Morgan fingerprint density at radius 3 is 2.15 bits per heavy atom. The minimum absolute atomic E-state index is 0.0252. The van der Waals surface area contributed by atoms with E-state index in [0.717, 1.165) is 5.69 Å². The van der Waals surface area contributed by atoms with Crippen molar-refractivity contribution in [3.63, 3.8) is 0 Å². The van der Waals surface area contributed by atoms with Crippen LogP contribution in [0, 0.1) is 0 Å². The summed E-state index contributed by atoms with van der Waals surface area (Å²) in [5.74, 6) is 0.412. The lowest BCUT2D eigenvalue weighted by Crippen LogP contribution is -2.50. The van der Waals surface area contributed by atoms with Crippen molar-refractivity contribution in [3.8, 4) is 17.2 Å². The summed E-state index contributed by atoms with van der Waals surface area (Å²) in [7, 11) is 0.859. The molecule has 1 fully saturated rings. The Morgan fingerprint density at radius 1 is 1.00 bits per heavy atom. The largest absolute Gasteiger partial charge is 0.493 e. The molecule has 9 nitrogen and oxygen atoms in total. The number of carbonyl (C=O) groups excluding carboxylic acids is 1. The van der Waals surface area contributed by atoms with Crippen LogP contribution in [0.25, 0.3) is 0 Å². The number of piperazine rings is 1. The highest BCUT2D eigenvalue weighted by Crippen LogP contribution is 2.38. The van der Waals surface area contributed by atoms with Gasteiger partial charge in [-0.05, 0) is 24.3 Å². The molecule has 0 bridgehead atoms. The van der Waals surface area contributed by atoms with Gasteiger partial charge >= 0.3 is 0 Å². The van der Waals surface area contributed by atoms with Crippen molar-refractivity contribution in [2.75, 3.05) is 64.7 Å². The molecule has 1 aliphatic rings. The van der Waals surface area contributed by atoms with Gasteiger partial charge in [0.2, 0.25) is 15.8 Å². The van der Waals surface area contributed by atoms with E-state index in [2.05, 4.69) is 10.2 Å². The van der Waals surface area contributed by atoms with Gasteiger partial charge in [-0.2, -0.15) is 4.31 Å². The Bertz CT molecular complexity index is 1060. The van der Waals surface area contributed by atoms with E-state index in [1.54, 1.807) is 0 Å². The molecule has 0 aliphatic carbocycles. The third-order valence-corrected chi connectivity index (χ3v) is 7.59. The summed E-state index contributed by atoms with van der Waals surface area (Å²) in [6, 6.07) is 10.5. The first kappa shape index (κ1) is 24.9. The molecule has 11 heteroatoms. The molecule has 0 spiro atoms. The smallest absolute Gasteiger partial charge is 0.251 e. The SMILES string of the molecule is COc1cc(C(=O)NCCS(=O)(=O)N2CCN(c3ccccc3Cl)CC2)cc(OC)c1OC. The first-order valence-electron chi connectivity index (χ1n) is 10.4. The molecule has 3 rings (SSSR count). The molecule has 0 atom stereocenters. The summed E-state index contributed by atoms with van der Waals surface area (Å²) in [6.45, 7) is 1.77. The van der Waals surface area contributed by atoms with Gasteiger partial charge in [0.1, 0.15) is 0 Å². The van der Waals surface area contributed by atoms with Crippen LogP contribution >= 0.6 is 11.6 Å². The van der Waals surface area contributed by atoms with E-state index < -0.39 is 15.9 Å².